The fourth-order valence-electron chi connectivity index (χ4n) is 2.63. The Balaban J connectivity index is 1.70. The van der Waals surface area contributed by atoms with E-state index < -0.39 is 0 Å². The molecule has 1 heterocycles. The maximum Gasteiger partial charge on any atom is 0.223 e. The van der Waals surface area contributed by atoms with Gasteiger partial charge in [0.1, 0.15) is 0 Å². The number of hydrogen-bond donors (Lipinski definition) is 2. The number of thiophene rings is 1. The molecule has 1 aromatic heterocycles. The van der Waals surface area contributed by atoms with Gasteiger partial charge in [-0.15, -0.1) is 11.3 Å². The molecule has 0 radical (unpaired) electrons. The lowest BCUT2D eigenvalue weighted by atomic mass is 9.80. The van der Waals surface area contributed by atoms with Crippen molar-refractivity contribution in [1.29, 1.82) is 0 Å². The number of carbonyl (C=O) groups is 1. The molecule has 0 bridgehead atoms. The topological polar surface area (TPSA) is 49.3 Å². The standard InChI is InChI=1S/C14H21NO2S/c16-8-7-11-3-5-12(6-4-11)14(17)15-10-13-2-1-9-18-13/h1-2,9,11-12,16H,3-8,10H2,(H,15,17). The molecule has 18 heavy (non-hydrogen) atoms. The molecule has 0 saturated heterocycles. The van der Waals surface area contributed by atoms with E-state index in [0.717, 1.165) is 32.1 Å². The van der Waals surface area contributed by atoms with E-state index in [1.165, 1.54) is 4.88 Å². The van der Waals surface area contributed by atoms with E-state index in [0.29, 0.717) is 12.5 Å². The maximum absolute atomic E-state index is 12.0. The van der Waals surface area contributed by atoms with Crippen molar-refractivity contribution in [3.63, 3.8) is 0 Å². The Morgan fingerprint density at radius 2 is 2.17 bits per heavy atom. The minimum Gasteiger partial charge on any atom is -0.396 e. The first-order valence-electron chi connectivity index (χ1n) is 6.70. The van der Waals surface area contributed by atoms with E-state index >= 15 is 0 Å². The summed E-state index contributed by atoms with van der Waals surface area (Å²) >= 11 is 1.68. The summed E-state index contributed by atoms with van der Waals surface area (Å²) in [6.07, 6.45) is 5.00. The van der Waals surface area contributed by atoms with E-state index in [1.54, 1.807) is 11.3 Å². The predicted octanol–water partition coefficient (Wildman–Crippen LogP) is 2.55. The van der Waals surface area contributed by atoms with Gasteiger partial charge in [0.05, 0.1) is 6.54 Å². The van der Waals surface area contributed by atoms with Gasteiger partial charge in [-0.25, -0.2) is 0 Å². The van der Waals surface area contributed by atoms with Crippen molar-refractivity contribution in [2.75, 3.05) is 6.61 Å². The third kappa shape index (κ3) is 3.82. The lowest BCUT2D eigenvalue weighted by Gasteiger charge is -2.27. The number of amides is 1. The van der Waals surface area contributed by atoms with Crippen LogP contribution in [-0.2, 0) is 11.3 Å². The zero-order chi connectivity index (χ0) is 12.8. The molecule has 0 atom stereocenters. The van der Waals surface area contributed by atoms with Gasteiger partial charge in [0.25, 0.3) is 0 Å². The van der Waals surface area contributed by atoms with Gasteiger partial charge in [0.2, 0.25) is 5.91 Å². The smallest absolute Gasteiger partial charge is 0.223 e. The van der Waals surface area contributed by atoms with Crippen molar-refractivity contribution >= 4 is 17.2 Å². The number of nitrogens with one attached hydrogen (secondary N) is 1. The van der Waals surface area contributed by atoms with Crippen LogP contribution in [0.25, 0.3) is 0 Å². The van der Waals surface area contributed by atoms with Gasteiger partial charge in [0, 0.05) is 17.4 Å². The monoisotopic (exact) mass is 267 g/mol. The maximum atomic E-state index is 12.0. The normalized spacial score (nSPS) is 23.8. The van der Waals surface area contributed by atoms with Gasteiger partial charge >= 0.3 is 0 Å². The molecule has 4 heteroatoms. The zero-order valence-corrected chi connectivity index (χ0v) is 11.4. The molecule has 0 aromatic carbocycles. The van der Waals surface area contributed by atoms with Gasteiger partial charge < -0.3 is 10.4 Å². The van der Waals surface area contributed by atoms with Crippen LogP contribution in [0.5, 0.6) is 0 Å². The highest BCUT2D eigenvalue weighted by atomic mass is 32.1. The Morgan fingerprint density at radius 1 is 1.39 bits per heavy atom. The van der Waals surface area contributed by atoms with Gasteiger partial charge in [-0.05, 0) is 49.5 Å². The first kappa shape index (κ1) is 13.6. The Morgan fingerprint density at radius 3 is 2.78 bits per heavy atom. The van der Waals surface area contributed by atoms with Crippen molar-refractivity contribution in [3.05, 3.63) is 22.4 Å². The number of rotatable bonds is 5. The summed E-state index contributed by atoms with van der Waals surface area (Å²) < 4.78 is 0. The van der Waals surface area contributed by atoms with Gasteiger partial charge in [-0.1, -0.05) is 6.07 Å². The van der Waals surface area contributed by atoms with Gasteiger partial charge in [-0.2, -0.15) is 0 Å². The van der Waals surface area contributed by atoms with Crippen LogP contribution in [0.4, 0.5) is 0 Å². The van der Waals surface area contributed by atoms with E-state index in [4.69, 9.17) is 5.11 Å². The Bertz CT molecular complexity index is 356. The van der Waals surface area contributed by atoms with Gasteiger partial charge in [0.15, 0.2) is 0 Å². The summed E-state index contributed by atoms with van der Waals surface area (Å²) in [6.45, 7) is 0.937. The molecule has 2 rings (SSSR count). The second-order valence-corrected chi connectivity index (χ2v) is 6.06. The summed E-state index contributed by atoms with van der Waals surface area (Å²) in [7, 11) is 0. The highest BCUT2D eigenvalue weighted by Gasteiger charge is 2.25. The van der Waals surface area contributed by atoms with E-state index in [1.807, 2.05) is 17.5 Å². The Kier molecular flexibility index (Phi) is 5.20. The third-order valence-electron chi connectivity index (χ3n) is 3.77. The number of hydrogen-bond acceptors (Lipinski definition) is 3. The first-order chi connectivity index (χ1) is 8.79. The average molecular weight is 267 g/mol. The van der Waals surface area contributed by atoms with E-state index in [9.17, 15) is 4.79 Å². The minimum absolute atomic E-state index is 0.180. The van der Waals surface area contributed by atoms with Crippen LogP contribution in [-0.4, -0.2) is 17.6 Å². The van der Waals surface area contributed by atoms with E-state index in [2.05, 4.69) is 5.32 Å². The molecule has 1 fully saturated rings. The molecular weight excluding hydrogens is 246 g/mol. The van der Waals surface area contributed by atoms with Crippen LogP contribution in [0.15, 0.2) is 17.5 Å². The molecule has 1 aliphatic carbocycles. The molecule has 2 N–H and O–H groups in total. The summed E-state index contributed by atoms with van der Waals surface area (Å²) in [5.74, 6) is 1.00. The number of aliphatic hydroxyl groups is 1. The highest BCUT2D eigenvalue weighted by Crippen LogP contribution is 2.30. The Labute approximate surface area is 112 Å². The largest absolute Gasteiger partial charge is 0.396 e. The molecule has 3 nitrogen and oxygen atoms in total. The Hall–Kier alpha value is -0.870. The van der Waals surface area contributed by atoms with Crippen molar-refractivity contribution in [2.45, 2.75) is 38.6 Å². The van der Waals surface area contributed by atoms with Crippen LogP contribution >= 0.6 is 11.3 Å². The minimum atomic E-state index is 0.180. The number of carbonyl (C=O) groups excluding carboxylic acids is 1. The average Bonchev–Trinajstić information content (AvgIpc) is 2.90. The fraction of sp³-hybridized carbons (Fsp3) is 0.643. The fourth-order valence-corrected chi connectivity index (χ4v) is 3.27. The van der Waals surface area contributed by atoms with Crippen molar-refractivity contribution in [1.82, 2.24) is 5.32 Å². The SMILES string of the molecule is O=C(NCc1cccs1)C1CCC(CCO)CC1. The van der Waals surface area contributed by atoms with Crippen molar-refractivity contribution < 1.29 is 9.90 Å². The molecule has 0 aliphatic heterocycles. The molecule has 1 aromatic rings. The highest BCUT2D eigenvalue weighted by molar-refractivity contribution is 7.09. The molecular formula is C14H21NO2S. The van der Waals surface area contributed by atoms with Crippen LogP contribution in [0, 0.1) is 11.8 Å². The van der Waals surface area contributed by atoms with Crippen LogP contribution < -0.4 is 5.32 Å². The molecule has 1 aliphatic rings. The summed E-state index contributed by atoms with van der Waals surface area (Å²) in [5.41, 5.74) is 0. The quantitative estimate of drug-likeness (QED) is 0.861. The second-order valence-electron chi connectivity index (χ2n) is 5.03. The van der Waals surface area contributed by atoms with E-state index in [-0.39, 0.29) is 18.4 Å². The number of aliphatic hydroxyl groups excluding tert-OH is 1. The van der Waals surface area contributed by atoms with Crippen molar-refractivity contribution in [2.24, 2.45) is 11.8 Å². The van der Waals surface area contributed by atoms with Crippen LogP contribution in [0.2, 0.25) is 0 Å². The molecule has 1 saturated carbocycles. The third-order valence-corrected chi connectivity index (χ3v) is 4.65. The van der Waals surface area contributed by atoms with Crippen LogP contribution in [0.1, 0.15) is 37.0 Å². The lowest BCUT2D eigenvalue weighted by molar-refractivity contribution is -0.126. The van der Waals surface area contributed by atoms with Crippen molar-refractivity contribution in [3.8, 4) is 0 Å². The molecule has 100 valence electrons. The molecule has 0 spiro atoms. The zero-order valence-electron chi connectivity index (χ0n) is 10.6. The predicted molar refractivity (Wildman–Crippen MR) is 73.3 cm³/mol. The second kappa shape index (κ2) is 6.90. The first-order valence-corrected chi connectivity index (χ1v) is 7.58. The summed E-state index contributed by atoms with van der Waals surface area (Å²) in [5, 5.41) is 14.0. The van der Waals surface area contributed by atoms with Gasteiger partial charge in [-0.3, -0.25) is 4.79 Å². The lowest BCUT2D eigenvalue weighted by Crippen LogP contribution is -2.32. The van der Waals surface area contributed by atoms with Crippen LogP contribution in [0.3, 0.4) is 0 Å². The summed E-state index contributed by atoms with van der Waals surface area (Å²) in [6, 6.07) is 4.05. The summed E-state index contributed by atoms with van der Waals surface area (Å²) in [4.78, 5) is 13.2. The molecule has 0 unspecified atom stereocenters. The molecule has 1 amide bonds.